The number of carbonyl (C=O) groups is 1. The molecule has 6 heteroatoms. The summed E-state index contributed by atoms with van der Waals surface area (Å²) in [6.45, 7) is 2.53. The lowest BCUT2D eigenvalue weighted by molar-refractivity contribution is 0.0697. The minimum absolute atomic E-state index is 0.164. The van der Waals surface area contributed by atoms with E-state index < -0.39 is 5.97 Å². The lowest BCUT2D eigenvalue weighted by Gasteiger charge is -2.32. The van der Waals surface area contributed by atoms with Gasteiger partial charge in [-0.25, -0.2) is 14.8 Å². The Balaban J connectivity index is 1.43. The molecule has 1 N–H and O–H groups in total. The maximum absolute atomic E-state index is 11.2. The number of likely N-dealkylation sites (tertiary alicyclic amines) is 1. The number of nitrogens with zero attached hydrogens (tertiary/aromatic N) is 3. The summed E-state index contributed by atoms with van der Waals surface area (Å²) >= 11 is 6.28. The van der Waals surface area contributed by atoms with Gasteiger partial charge in [0.1, 0.15) is 0 Å². The highest BCUT2D eigenvalue weighted by Crippen LogP contribution is 2.30. The number of aromatic nitrogens is 2. The molecule has 1 saturated heterocycles. The Labute approximate surface area is 162 Å². The minimum Gasteiger partial charge on any atom is -0.478 e. The van der Waals surface area contributed by atoms with Gasteiger partial charge in [0.05, 0.1) is 10.6 Å². The van der Waals surface area contributed by atoms with Crippen molar-refractivity contribution in [2.45, 2.75) is 25.3 Å². The van der Waals surface area contributed by atoms with Gasteiger partial charge in [-0.15, -0.1) is 0 Å². The highest BCUT2D eigenvalue weighted by molar-refractivity contribution is 6.34. The molecule has 2 aromatic heterocycles. The molecule has 0 spiro atoms. The van der Waals surface area contributed by atoms with Gasteiger partial charge in [0.25, 0.3) is 0 Å². The molecular weight excluding hydrogens is 362 g/mol. The Morgan fingerprint density at radius 1 is 1.15 bits per heavy atom. The molecule has 3 aromatic rings. The van der Waals surface area contributed by atoms with Crippen molar-refractivity contribution < 1.29 is 9.90 Å². The fourth-order valence-corrected chi connectivity index (χ4v) is 3.96. The number of carboxylic acids is 1. The third-order valence-corrected chi connectivity index (χ3v) is 5.64. The zero-order valence-corrected chi connectivity index (χ0v) is 15.6. The molecule has 0 saturated carbocycles. The van der Waals surface area contributed by atoms with E-state index in [1.165, 1.54) is 0 Å². The molecule has 1 aromatic carbocycles. The summed E-state index contributed by atoms with van der Waals surface area (Å²) in [5.74, 6) is -0.565. The van der Waals surface area contributed by atoms with E-state index in [9.17, 15) is 9.90 Å². The number of pyridine rings is 2. The summed E-state index contributed by atoms with van der Waals surface area (Å²) in [4.78, 5) is 22.7. The van der Waals surface area contributed by atoms with Crippen molar-refractivity contribution in [2.75, 3.05) is 13.1 Å². The van der Waals surface area contributed by atoms with Gasteiger partial charge in [0, 0.05) is 29.7 Å². The maximum Gasteiger partial charge on any atom is 0.337 e. The van der Waals surface area contributed by atoms with Crippen LogP contribution >= 0.6 is 11.6 Å². The molecule has 0 aliphatic carbocycles. The van der Waals surface area contributed by atoms with Crippen LogP contribution in [0.4, 0.5) is 0 Å². The van der Waals surface area contributed by atoms with Gasteiger partial charge >= 0.3 is 5.97 Å². The number of hydrogen-bond acceptors (Lipinski definition) is 4. The van der Waals surface area contributed by atoms with Crippen molar-refractivity contribution in [2.24, 2.45) is 0 Å². The minimum atomic E-state index is -0.989. The van der Waals surface area contributed by atoms with E-state index in [2.05, 4.69) is 22.0 Å². The molecule has 3 heterocycles. The molecule has 138 valence electrons. The smallest absolute Gasteiger partial charge is 0.337 e. The fourth-order valence-electron chi connectivity index (χ4n) is 3.69. The highest BCUT2D eigenvalue weighted by atomic mass is 35.5. The van der Waals surface area contributed by atoms with Crippen LogP contribution < -0.4 is 0 Å². The normalized spacial score (nSPS) is 15.9. The predicted octanol–water partition coefficient (Wildman–Crippen LogP) is 4.36. The largest absolute Gasteiger partial charge is 0.478 e. The van der Waals surface area contributed by atoms with E-state index in [0.717, 1.165) is 48.2 Å². The predicted molar refractivity (Wildman–Crippen MR) is 105 cm³/mol. The lowest BCUT2D eigenvalue weighted by Crippen LogP contribution is -2.32. The van der Waals surface area contributed by atoms with Crippen molar-refractivity contribution >= 4 is 28.6 Å². The average Bonchev–Trinajstić information content (AvgIpc) is 2.69. The second-order valence-corrected chi connectivity index (χ2v) is 7.30. The van der Waals surface area contributed by atoms with Crippen LogP contribution in [0.3, 0.4) is 0 Å². The van der Waals surface area contributed by atoms with Crippen molar-refractivity contribution in [3.63, 3.8) is 0 Å². The third kappa shape index (κ3) is 3.80. The SMILES string of the molecule is O=C(O)c1cccc(CN2CCC(c3ccc4cccnc4n3)CC2)c1Cl. The lowest BCUT2D eigenvalue weighted by atomic mass is 9.92. The summed E-state index contributed by atoms with van der Waals surface area (Å²) in [6.07, 6.45) is 3.81. The molecule has 27 heavy (non-hydrogen) atoms. The van der Waals surface area contributed by atoms with E-state index in [4.69, 9.17) is 16.6 Å². The Morgan fingerprint density at radius 3 is 2.74 bits per heavy atom. The van der Waals surface area contributed by atoms with Gasteiger partial charge in [-0.2, -0.15) is 0 Å². The first kappa shape index (κ1) is 17.9. The second-order valence-electron chi connectivity index (χ2n) is 6.92. The molecule has 1 aliphatic rings. The van der Waals surface area contributed by atoms with Crippen molar-refractivity contribution in [3.05, 3.63) is 70.5 Å². The van der Waals surface area contributed by atoms with E-state index in [1.54, 1.807) is 18.3 Å². The quantitative estimate of drug-likeness (QED) is 0.727. The van der Waals surface area contributed by atoms with Crippen LogP contribution in [-0.4, -0.2) is 39.0 Å². The molecule has 0 unspecified atom stereocenters. The topological polar surface area (TPSA) is 66.3 Å². The number of piperidine rings is 1. The molecule has 0 amide bonds. The number of rotatable bonds is 4. The Bertz CT molecular complexity index is 984. The molecule has 1 fully saturated rings. The first-order valence-corrected chi connectivity index (χ1v) is 9.44. The number of benzene rings is 1. The molecule has 1 aliphatic heterocycles. The first-order valence-electron chi connectivity index (χ1n) is 9.06. The summed E-state index contributed by atoms with van der Waals surface area (Å²) in [5, 5.41) is 10.6. The van der Waals surface area contributed by atoms with Crippen LogP contribution in [0.15, 0.2) is 48.7 Å². The molecular formula is C21H20ClN3O2. The summed E-state index contributed by atoms with van der Waals surface area (Å²) in [7, 11) is 0. The number of hydrogen-bond donors (Lipinski definition) is 1. The maximum atomic E-state index is 11.2. The van der Waals surface area contributed by atoms with E-state index in [1.807, 2.05) is 18.2 Å². The molecule has 5 nitrogen and oxygen atoms in total. The first-order chi connectivity index (χ1) is 13.1. The van der Waals surface area contributed by atoms with Crippen molar-refractivity contribution in [1.82, 2.24) is 14.9 Å². The highest BCUT2D eigenvalue weighted by Gasteiger charge is 2.23. The molecule has 0 bridgehead atoms. The van der Waals surface area contributed by atoms with Crippen LogP contribution in [0.1, 0.15) is 40.4 Å². The van der Waals surface area contributed by atoms with E-state index in [-0.39, 0.29) is 5.56 Å². The molecule has 0 radical (unpaired) electrons. The van der Waals surface area contributed by atoms with Gasteiger partial charge < -0.3 is 5.11 Å². The standard InChI is InChI=1S/C21H20ClN3O2/c22-19-16(3-1-5-17(19)21(26)27)13-25-11-8-14(9-12-25)18-7-6-15-4-2-10-23-20(15)24-18/h1-7,10,14H,8-9,11-13H2,(H,26,27). The summed E-state index contributed by atoms with van der Waals surface area (Å²) in [6, 6.07) is 13.3. The Morgan fingerprint density at radius 2 is 1.96 bits per heavy atom. The summed E-state index contributed by atoms with van der Waals surface area (Å²) in [5.41, 5.74) is 2.93. The van der Waals surface area contributed by atoms with E-state index >= 15 is 0 Å². The number of carboxylic acid groups (broad SMARTS) is 1. The van der Waals surface area contributed by atoms with Crippen molar-refractivity contribution in [3.8, 4) is 0 Å². The zero-order chi connectivity index (χ0) is 18.8. The monoisotopic (exact) mass is 381 g/mol. The Hall–Kier alpha value is -2.50. The molecule has 0 atom stereocenters. The van der Waals surface area contributed by atoms with Gasteiger partial charge in [0.15, 0.2) is 5.65 Å². The van der Waals surface area contributed by atoms with E-state index in [0.29, 0.717) is 17.5 Å². The van der Waals surface area contributed by atoms with Crippen LogP contribution in [0, 0.1) is 0 Å². The van der Waals surface area contributed by atoms with Gasteiger partial charge in [-0.1, -0.05) is 23.7 Å². The number of aromatic carboxylic acids is 1. The second kappa shape index (κ2) is 7.62. The van der Waals surface area contributed by atoms with Crippen LogP contribution in [0.5, 0.6) is 0 Å². The third-order valence-electron chi connectivity index (χ3n) is 5.19. The van der Waals surface area contributed by atoms with Crippen molar-refractivity contribution in [1.29, 1.82) is 0 Å². The van der Waals surface area contributed by atoms with Gasteiger partial charge in [-0.3, -0.25) is 4.90 Å². The van der Waals surface area contributed by atoms with Crippen LogP contribution in [0.2, 0.25) is 5.02 Å². The number of fused-ring (bicyclic) bond motifs is 1. The Kier molecular flexibility index (Phi) is 5.05. The summed E-state index contributed by atoms with van der Waals surface area (Å²) < 4.78 is 0. The van der Waals surface area contributed by atoms with Gasteiger partial charge in [-0.05, 0) is 61.8 Å². The number of halogens is 1. The molecule has 4 rings (SSSR count). The van der Waals surface area contributed by atoms with Gasteiger partial charge in [0.2, 0.25) is 0 Å². The fraction of sp³-hybridized carbons (Fsp3) is 0.286. The van der Waals surface area contributed by atoms with Crippen LogP contribution in [0.25, 0.3) is 11.0 Å². The zero-order valence-electron chi connectivity index (χ0n) is 14.8. The average molecular weight is 382 g/mol. The van der Waals surface area contributed by atoms with Crippen LogP contribution in [-0.2, 0) is 6.54 Å².